The fraction of sp³-hybridized carbons (Fsp3) is 0.278. The molecule has 0 atom stereocenters. The average molecular weight is 397 g/mol. The van der Waals surface area contributed by atoms with Crippen LogP contribution in [0.3, 0.4) is 0 Å². The number of sulfonamides is 1. The van der Waals surface area contributed by atoms with Crippen molar-refractivity contribution in [2.45, 2.75) is 18.2 Å². The van der Waals surface area contributed by atoms with Crippen molar-refractivity contribution in [2.24, 2.45) is 0 Å². The number of benzene rings is 2. The smallest absolute Gasteiger partial charge is 0.257 e. The van der Waals surface area contributed by atoms with Gasteiger partial charge in [-0.15, -0.1) is 0 Å². The van der Waals surface area contributed by atoms with Gasteiger partial charge < -0.3 is 10.1 Å². The quantitative estimate of drug-likeness (QED) is 0.681. The standard InChI is InChI=1S/C18H21ClN2O4S/c1-2-21-26(23,24)17-9-3-14(4-10-17)11-12-20-18(22)13-25-16-7-5-15(19)6-8-16/h3-10,21H,2,11-13H2,1H3,(H,20,22). The maximum atomic E-state index is 11.9. The van der Waals surface area contributed by atoms with E-state index in [0.717, 1.165) is 5.56 Å². The first-order chi connectivity index (χ1) is 12.4. The molecular formula is C18H21ClN2O4S. The molecule has 2 N–H and O–H groups in total. The molecule has 0 saturated heterocycles. The van der Waals surface area contributed by atoms with Crippen LogP contribution in [0.25, 0.3) is 0 Å². The van der Waals surface area contributed by atoms with Gasteiger partial charge in [0.25, 0.3) is 5.91 Å². The van der Waals surface area contributed by atoms with Crippen LogP contribution in [0.4, 0.5) is 0 Å². The summed E-state index contributed by atoms with van der Waals surface area (Å²) in [6, 6.07) is 13.3. The zero-order valence-electron chi connectivity index (χ0n) is 14.4. The first-order valence-electron chi connectivity index (χ1n) is 8.14. The highest BCUT2D eigenvalue weighted by Gasteiger charge is 2.11. The number of amides is 1. The number of hydrogen-bond donors (Lipinski definition) is 2. The fourth-order valence-corrected chi connectivity index (χ4v) is 3.35. The second-order valence-corrected chi connectivity index (χ2v) is 7.69. The van der Waals surface area contributed by atoms with E-state index >= 15 is 0 Å². The van der Waals surface area contributed by atoms with E-state index in [0.29, 0.717) is 30.3 Å². The molecular weight excluding hydrogens is 376 g/mol. The fourth-order valence-electron chi connectivity index (χ4n) is 2.19. The van der Waals surface area contributed by atoms with Crippen LogP contribution in [0.15, 0.2) is 53.4 Å². The molecule has 2 rings (SSSR count). The third-order valence-corrected chi connectivity index (χ3v) is 5.30. The van der Waals surface area contributed by atoms with Crippen LogP contribution in [-0.2, 0) is 21.2 Å². The van der Waals surface area contributed by atoms with Gasteiger partial charge >= 0.3 is 0 Å². The molecule has 0 aromatic heterocycles. The van der Waals surface area contributed by atoms with Crippen LogP contribution in [0, 0.1) is 0 Å². The number of hydrogen-bond acceptors (Lipinski definition) is 4. The maximum absolute atomic E-state index is 11.9. The summed E-state index contributed by atoms with van der Waals surface area (Å²) in [5.41, 5.74) is 0.930. The second-order valence-electron chi connectivity index (χ2n) is 5.49. The van der Waals surface area contributed by atoms with Crippen molar-refractivity contribution >= 4 is 27.5 Å². The van der Waals surface area contributed by atoms with E-state index in [2.05, 4.69) is 10.0 Å². The van der Waals surface area contributed by atoms with Crippen LogP contribution >= 0.6 is 11.6 Å². The lowest BCUT2D eigenvalue weighted by molar-refractivity contribution is -0.123. The van der Waals surface area contributed by atoms with E-state index in [1.807, 2.05) is 0 Å². The Kier molecular flexibility index (Phi) is 7.44. The zero-order chi connectivity index (χ0) is 19.0. The average Bonchev–Trinajstić information content (AvgIpc) is 2.62. The van der Waals surface area contributed by atoms with Gasteiger partial charge in [0, 0.05) is 18.1 Å². The Labute approximate surface area is 158 Å². The van der Waals surface area contributed by atoms with E-state index in [-0.39, 0.29) is 17.4 Å². The van der Waals surface area contributed by atoms with Gasteiger partial charge in [0.2, 0.25) is 10.0 Å². The Morgan fingerprint density at radius 3 is 2.35 bits per heavy atom. The Balaban J connectivity index is 1.75. The molecule has 140 valence electrons. The normalized spacial score (nSPS) is 11.2. The van der Waals surface area contributed by atoms with E-state index in [1.165, 1.54) is 0 Å². The minimum absolute atomic E-state index is 0.0818. The predicted molar refractivity (Wildman–Crippen MR) is 101 cm³/mol. The number of halogens is 1. The van der Waals surface area contributed by atoms with Crippen LogP contribution in [0.2, 0.25) is 5.02 Å². The molecule has 8 heteroatoms. The van der Waals surface area contributed by atoms with Gasteiger partial charge in [-0.1, -0.05) is 30.7 Å². The molecule has 26 heavy (non-hydrogen) atoms. The molecule has 2 aromatic rings. The van der Waals surface area contributed by atoms with Crippen molar-refractivity contribution in [1.82, 2.24) is 10.0 Å². The monoisotopic (exact) mass is 396 g/mol. The topological polar surface area (TPSA) is 84.5 Å². The number of carbonyl (C=O) groups excluding carboxylic acids is 1. The van der Waals surface area contributed by atoms with Gasteiger partial charge in [-0.05, 0) is 48.4 Å². The van der Waals surface area contributed by atoms with E-state index in [1.54, 1.807) is 55.5 Å². The molecule has 1 amide bonds. The molecule has 6 nitrogen and oxygen atoms in total. The van der Waals surface area contributed by atoms with Crippen molar-refractivity contribution in [3.8, 4) is 5.75 Å². The third-order valence-electron chi connectivity index (χ3n) is 3.49. The molecule has 0 aliphatic carbocycles. The first-order valence-corrected chi connectivity index (χ1v) is 10.0. The minimum Gasteiger partial charge on any atom is -0.484 e. The number of ether oxygens (including phenoxy) is 1. The third kappa shape index (κ3) is 6.33. The summed E-state index contributed by atoms with van der Waals surface area (Å²) in [5, 5.41) is 3.36. The van der Waals surface area contributed by atoms with Crippen LogP contribution < -0.4 is 14.8 Å². The summed E-state index contributed by atoms with van der Waals surface area (Å²) in [7, 11) is -3.44. The summed E-state index contributed by atoms with van der Waals surface area (Å²) in [5.74, 6) is 0.341. The largest absolute Gasteiger partial charge is 0.484 e. The van der Waals surface area contributed by atoms with Gasteiger partial charge in [0.15, 0.2) is 6.61 Å². The van der Waals surface area contributed by atoms with Gasteiger partial charge in [0.1, 0.15) is 5.75 Å². The van der Waals surface area contributed by atoms with Crippen LogP contribution in [-0.4, -0.2) is 34.0 Å². The van der Waals surface area contributed by atoms with Crippen LogP contribution in [0.5, 0.6) is 5.75 Å². The van der Waals surface area contributed by atoms with Gasteiger partial charge in [-0.2, -0.15) is 0 Å². The number of nitrogens with one attached hydrogen (secondary N) is 2. The maximum Gasteiger partial charge on any atom is 0.257 e. The molecule has 0 spiro atoms. The zero-order valence-corrected chi connectivity index (χ0v) is 15.9. The van der Waals surface area contributed by atoms with Gasteiger partial charge in [-0.3, -0.25) is 4.79 Å². The summed E-state index contributed by atoms with van der Waals surface area (Å²) in [4.78, 5) is 12.0. The van der Waals surface area contributed by atoms with Crippen molar-refractivity contribution in [3.05, 3.63) is 59.1 Å². The lowest BCUT2D eigenvalue weighted by Gasteiger charge is -2.08. The Morgan fingerprint density at radius 2 is 1.73 bits per heavy atom. The lowest BCUT2D eigenvalue weighted by atomic mass is 10.1. The van der Waals surface area contributed by atoms with Gasteiger partial charge in [0.05, 0.1) is 4.90 Å². The Hall–Kier alpha value is -2.09. The summed E-state index contributed by atoms with van der Waals surface area (Å²) in [6.07, 6.45) is 0.591. The van der Waals surface area contributed by atoms with Crippen molar-refractivity contribution in [1.29, 1.82) is 0 Å². The molecule has 0 unspecified atom stereocenters. The van der Waals surface area contributed by atoms with Crippen molar-refractivity contribution in [2.75, 3.05) is 19.7 Å². The highest BCUT2D eigenvalue weighted by Crippen LogP contribution is 2.15. The SMILES string of the molecule is CCNS(=O)(=O)c1ccc(CCNC(=O)COc2ccc(Cl)cc2)cc1. The predicted octanol–water partition coefficient (Wildman–Crippen LogP) is 2.38. The lowest BCUT2D eigenvalue weighted by Crippen LogP contribution is -2.30. The van der Waals surface area contributed by atoms with E-state index < -0.39 is 10.0 Å². The number of rotatable bonds is 9. The molecule has 0 bridgehead atoms. The van der Waals surface area contributed by atoms with E-state index in [9.17, 15) is 13.2 Å². The molecule has 0 heterocycles. The van der Waals surface area contributed by atoms with Crippen LogP contribution in [0.1, 0.15) is 12.5 Å². The molecule has 2 aromatic carbocycles. The Bertz CT molecular complexity index is 821. The summed E-state index contributed by atoms with van der Waals surface area (Å²) in [6.45, 7) is 2.42. The van der Waals surface area contributed by atoms with Crippen molar-refractivity contribution < 1.29 is 17.9 Å². The molecule has 0 aliphatic rings. The summed E-state index contributed by atoms with van der Waals surface area (Å²) >= 11 is 5.78. The van der Waals surface area contributed by atoms with E-state index in [4.69, 9.17) is 16.3 Å². The molecule has 0 aliphatic heterocycles. The number of carbonyl (C=O) groups is 1. The molecule has 0 fully saturated rings. The van der Waals surface area contributed by atoms with Crippen molar-refractivity contribution in [3.63, 3.8) is 0 Å². The highest BCUT2D eigenvalue weighted by molar-refractivity contribution is 7.89. The summed E-state index contributed by atoms with van der Waals surface area (Å²) < 4.78 is 31.5. The second kappa shape index (κ2) is 9.56. The Morgan fingerprint density at radius 1 is 1.08 bits per heavy atom. The van der Waals surface area contributed by atoms with Gasteiger partial charge in [-0.25, -0.2) is 13.1 Å². The molecule has 0 saturated carbocycles. The highest BCUT2D eigenvalue weighted by atomic mass is 35.5. The first kappa shape index (κ1) is 20.2. The molecule has 0 radical (unpaired) electrons. The minimum atomic E-state index is -3.44.